The first-order valence-corrected chi connectivity index (χ1v) is 6.19. The standard InChI is InChI=1S/C13H19NO3/c1-9-3-2-4-10(9)7-14-8-11-5-6-12(17-11)13(15)16/h5-6,9-10,14H,2-4,7-8H2,1H3,(H,15,16). The van der Waals surface area contributed by atoms with Crippen molar-refractivity contribution in [3.05, 3.63) is 23.7 Å². The largest absolute Gasteiger partial charge is 0.475 e. The monoisotopic (exact) mass is 237 g/mol. The SMILES string of the molecule is CC1CCCC1CNCc1ccc(C(=O)O)o1. The molecule has 1 saturated carbocycles. The second kappa shape index (κ2) is 5.36. The van der Waals surface area contributed by atoms with E-state index in [0.29, 0.717) is 12.3 Å². The van der Waals surface area contributed by atoms with Crippen LogP contribution in [0.4, 0.5) is 0 Å². The summed E-state index contributed by atoms with van der Waals surface area (Å²) in [5, 5.41) is 12.1. The Morgan fingerprint density at radius 3 is 2.94 bits per heavy atom. The quantitative estimate of drug-likeness (QED) is 0.826. The smallest absolute Gasteiger partial charge is 0.371 e. The summed E-state index contributed by atoms with van der Waals surface area (Å²) < 4.78 is 5.17. The molecular formula is C13H19NO3. The third-order valence-electron chi connectivity index (χ3n) is 3.62. The van der Waals surface area contributed by atoms with E-state index in [0.717, 1.165) is 18.4 Å². The lowest BCUT2D eigenvalue weighted by Crippen LogP contribution is -2.23. The van der Waals surface area contributed by atoms with E-state index in [9.17, 15) is 4.79 Å². The fourth-order valence-electron chi connectivity index (χ4n) is 2.49. The van der Waals surface area contributed by atoms with Gasteiger partial charge in [-0.3, -0.25) is 0 Å². The highest BCUT2D eigenvalue weighted by atomic mass is 16.4. The zero-order chi connectivity index (χ0) is 12.3. The molecule has 2 unspecified atom stereocenters. The molecule has 1 aromatic heterocycles. The van der Waals surface area contributed by atoms with E-state index in [1.54, 1.807) is 6.07 Å². The summed E-state index contributed by atoms with van der Waals surface area (Å²) in [6.07, 6.45) is 3.96. The lowest BCUT2D eigenvalue weighted by Gasteiger charge is -2.15. The second-order valence-corrected chi connectivity index (χ2v) is 4.87. The maximum absolute atomic E-state index is 10.6. The van der Waals surface area contributed by atoms with Crippen molar-refractivity contribution in [2.45, 2.75) is 32.7 Å². The number of aromatic carboxylic acids is 1. The van der Waals surface area contributed by atoms with E-state index in [4.69, 9.17) is 9.52 Å². The van der Waals surface area contributed by atoms with Crippen LogP contribution in [0.5, 0.6) is 0 Å². The highest BCUT2D eigenvalue weighted by Gasteiger charge is 2.22. The molecule has 4 nitrogen and oxygen atoms in total. The lowest BCUT2D eigenvalue weighted by atomic mass is 9.98. The Balaban J connectivity index is 1.76. The van der Waals surface area contributed by atoms with E-state index in [2.05, 4.69) is 12.2 Å². The number of furan rings is 1. The van der Waals surface area contributed by atoms with Gasteiger partial charge >= 0.3 is 5.97 Å². The molecule has 0 radical (unpaired) electrons. The van der Waals surface area contributed by atoms with Crippen molar-refractivity contribution < 1.29 is 14.3 Å². The van der Waals surface area contributed by atoms with E-state index in [-0.39, 0.29) is 5.76 Å². The number of carbonyl (C=O) groups is 1. The Morgan fingerprint density at radius 2 is 2.35 bits per heavy atom. The van der Waals surface area contributed by atoms with Crippen LogP contribution >= 0.6 is 0 Å². The van der Waals surface area contributed by atoms with Crippen molar-refractivity contribution in [2.75, 3.05) is 6.54 Å². The molecule has 0 aliphatic heterocycles. The summed E-state index contributed by atoms with van der Waals surface area (Å²) in [5.74, 6) is 1.24. The van der Waals surface area contributed by atoms with Crippen LogP contribution < -0.4 is 5.32 Å². The van der Waals surface area contributed by atoms with E-state index >= 15 is 0 Å². The summed E-state index contributed by atoms with van der Waals surface area (Å²) in [4.78, 5) is 10.6. The molecule has 94 valence electrons. The number of hydrogen-bond acceptors (Lipinski definition) is 3. The molecule has 2 rings (SSSR count). The van der Waals surface area contributed by atoms with Crippen LogP contribution in [0.15, 0.2) is 16.5 Å². The Morgan fingerprint density at radius 1 is 1.53 bits per heavy atom. The van der Waals surface area contributed by atoms with Gasteiger partial charge in [-0.1, -0.05) is 19.8 Å². The van der Waals surface area contributed by atoms with Crippen molar-refractivity contribution in [3.8, 4) is 0 Å². The molecule has 1 aliphatic carbocycles. The van der Waals surface area contributed by atoms with Gasteiger partial charge in [-0.05, 0) is 36.9 Å². The Labute approximate surface area is 101 Å². The number of carboxylic acid groups (broad SMARTS) is 1. The van der Waals surface area contributed by atoms with Crippen LogP contribution in [0.3, 0.4) is 0 Å². The third kappa shape index (κ3) is 3.09. The van der Waals surface area contributed by atoms with Crippen molar-refractivity contribution in [2.24, 2.45) is 11.8 Å². The molecule has 0 spiro atoms. The first-order chi connectivity index (χ1) is 8.16. The van der Waals surface area contributed by atoms with Gasteiger partial charge in [0.25, 0.3) is 0 Å². The van der Waals surface area contributed by atoms with Gasteiger partial charge in [0.1, 0.15) is 5.76 Å². The van der Waals surface area contributed by atoms with Gasteiger partial charge in [0.2, 0.25) is 5.76 Å². The molecule has 0 saturated heterocycles. The Kier molecular flexibility index (Phi) is 3.84. The normalized spacial score (nSPS) is 24.1. The molecular weight excluding hydrogens is 218 g/mol. The minimum absolute atomic E-state index is 0.0102. The molecule has 0 amide bonds. The van der Waals surface area contributed by atoms with E-state index in [1.807, 2.05) is 0 Å². The zero-order valence-electron chi connectivity index (χ0n) is 10.1. The number of carboxylic acids is 1. The summed E-state index contributed by atoms with van der Waals surface area (Å²) in [6.45, 7) is 3.90. The summed E-state index contributed by atoms with van der Waals surface area (Å²) in [7, 11) is 0. The first kappa shape index (κ1) is 12.2. The molecule has 17 heavy (non-hydrogen) atoms. The molecule has 4 heteroatoms. The second-order valence-electron chi connectivity index (χ2n) is 4.87. The van der Waals surface area contributed by atoms with Crippen molar-refractivity contribution >= 4 is 5.97 Å². The molecule has 2 atom stereocenters. The maximum Gasteiger partial charge on any atom is 0.371 e. The van der Waals surface area contributed by atoms with Gasteiger partial charge in [-0.2, -0.15) is 0 Å². The lowest BCUT2D eigenvalue weighted by molar-refractivity contribution is 0.0660. The van der Waals surface area contributed by atoms with Crippen LogP contribution in [-0.2, 0) is 6.54 Å². The van der Waals surface area contributed by atoms with Gasteiger partial charge in [-0.25, -0.2) is 4.79 Å². The Hall–Kier alpha value is -1.29. The maximum atomic E-state index is 10.6. The minimum atomic E-state index is -1.01. The van der Waals surface area contributed by atoms with Gasteiger partial charge < -0.3 is 14.8 Å². The van der Waals surface area contributed by atoms with Gasteiger partial charge in [0, 0.05) is 0 Å². The zero-order valence-corrected chi connectivity index (χ0v) is 10.1. The van der Waals surface area contributed by atoms with Crippen molar-refractivity contribution in [3.63, 3.8) is 0 Å². The van der Waals surface area contributed by atoms with Crippen molar-refractivity contribution in [1.82, 2.24) is 5.32 Å². The number of rotatable bonds is 5. The highest BCUT2D eigenvalue weighted by Crippen LogP contribution is 2.30. The van der Waals surface area contributed by atoms with E-state index in [1.165, 1.54) is 25.3 Å². The summed E-state index contributed by atoms with van der Waals surface area (Å²) >= 11 is 0. The van der Waals surface area contributed by atoms with Crippen LogP contribution in [0, 0.1) is 11.8 Å². The van der Waals surface area contributed by atoms with Crippen LogP contribution in [0.1, 0.15) is 42.5 Å². The predicted molar refractivity (Wildman–Crippen MR) is 63.9 cm³/mol. The molecule has 1 aliphatic rings. The fraction of sp³-hybridized carbons (Fsp3) is 0.615. The van der Waals surface area contributed by atoms with Gasteiger partial charge in [-0.15, -0.1) is 0 Å². The van der Waals surface area contributed by atoms with E-state index < -0.39 is 5.97 Å². The topological polar surface area (TPSA) is 62.5 Å². The van der Waals surface area contributed by atoms with Crippen LogP contribution in [0.2, 0.25) is 0 Å². The predicted octanol–water partition coefficient (Wildman–Crippen LogP) is 2.50. The molecule has 1 heterocycles. The molecule has 2 N–H and O–H groups in total. The Bertz CT molecular complexity index is 386. The number of nitrogens with one attached hydrogen (secondary N) is 1. The van der Waals surface area contributed by atoms with Gasteiger partial charge in [0.15, 0.2) is 0 Å². The number of hydrogen-bond donors (Lipinski definition) is 2. The average Bonchev–Trinajstić information content (AvgIpc) is 2.89. The molecule has 0 bridgehead atoms. The summed E-state index contributed by atoms with van der Waals surface area (Å²) in [6, 6.07) is 3.21. The van der Waals surface area contributed by atoms with Crippen LogP contribution in [0.25, 0.3) is 0 Å². The van der Waals surface area contributed by atoms with Crippen LogP contribution in [-0.4, -0.2) is 17.6 Å². The molecule has 1 aromatic rings. The van der Waals surface area contributed by atoms with Gasteiger partial charge in [0.05, 0.1) is 6.54 Å². The van der Waals surface area contributed by atoms with Crippen molar-refractivity contribution in [1.29, 1.82) is 0 Å². The highest BCUT2D eigenvalue weighted by molar-refractivity contribution is 5.84. The average molecular weight is 237 g/mol. The summed E-state index contributed by atoms with van der Waals surface area (Å²) in [5.41, 5.74) is 0. The molecule has 0 aromatic carbocycles. The third-order valence-corrected chi connectivity index (χ3v) is 3.62. The first-order valence-electron chi connectivity index (χ1n) is 6.19. The minimum Gasteiger partial charge on any atom is -0.475 e. The fourth-order valence-corrected chi connectivity index (χ4v) is 2.49. The molecule has 1 fully saturated rings.